The van der Waals surface area contributed by atoms with Gasteiger partial charge in [0.2, 0.25) is 0 Å². The second kappa shape index (κ2) is 5.25. The van der Waals surface area contributed by atoms with Crippen molar-refractivity contribution in [3.63, 3.8) is 0 Å². The van der Waals surface area contributed by atoms with Crippen LogP contribution in [0.1, 0.15) is 24.1 Å². The summed E-state index contributed by atoms with van der Waals surface area (Å²) in [5.41, 5.74) is 1.04. The molecular formula is C14H16FN3S. The summed E-state index contributed by atoms with van der Waals surface area (Å²) >= 11 is 1.63. The van der Waals surface area contributed by atoms with Crippen molar-refractivity contribution in [3.8, 4) is 11.4 Å². The van der Waals surface area contributed by atoms with Crippen LogP contribution in [0.25, 0.3) is 11.4 Å². The van der Waals surface area contributed by atoms with Crippen LogP contribution < -0.4 is 4.90 Å². The first-order valence-electron chi connectivity index (χ1n) is 6.59. The van der Waals surface area contributed by atoms with E-state index >= 15 is 0 Å². The number of hydrogen-bond acceptors (Lipinski definition) is 4. The fourth-order valence-corrected chi connectivity index (χ4v) is 3.34. The third kappa shape index (κ3) is 2.47. The van der Waals surface area contributed by atoms with E-state index in [1.165, 1.54) is 25.3 Å². The second-order valence-corrected chi connectivity index (χ2v) is 5.96. The van der Waals surface area contributed by atoms with Crippen LogP contribution >= 0.6 is 11.3 Å². The number of anilines is 1. The van der Waals surface area contributed by atoms with Gasteiger partial charge in [0.25, 0.3) is 0 Å². The molecule has 100 valence electrons. The maximum atomic E-state index is 13.8. The van der Waals surface area contributed by atoms with Crippen LogP contribution in [-0.2, 0) is 0 Å². The predicted octanol–water partition coefficient (Wildman–Crippen LogP) is 3.64. The van der Waals surface area contributed by atoms with Crippen molar-refractivity contribution in [2.75, 3.05) is 18.0 Å². The minimum absolute atomic E-state index is 0.305. The Bertz CT molecular complexity index is 576. The fourth-order valence-electron chi connectivity index (χ4n) is 2.38. The smallest absolute Gasteiger partial charge is 0.186 e. The molecule has 0 saturated carbocycles. The van der Waals surface area contributed by atoms with Gasteiger partial charge < -0.3 is 4.90 Å². The maximum Gasteiger partial charge on any atom is 0.186 e. The third-order valence-electron chi connectivity index (χ3n) is 3.39. The van der Waals surface area contributed by atoms with Gasteiger partial charge in [-0.15, -0.1) is 11.3 Å². The summed E-state index contributed by atoms with van der Waals surface area (Å²) in [6.45, 7) is 4.09. The summed E-state index contributed by atoms with van der Waals surface area (Å²) in [7, 11) is 0. The van der Waals surface area contributed by atoms with Gasteiger partial charge in [-0.2, -0.15) is 0 Å². The lowest BCUT2D eigenvalue weighted by molar-refractivity contribution is 0.577. The summed E-state index contributed by atoms with van der Waals surface area (Å²) in [5.74, 6) is -0.305. The lowest BCUT2D eigenvalue weighted by Gasteiger charge is -2.25. The number of piperidine rings is 1. The molecule has 0 amide bonds. The molecule has 0 N–H and O–H groups in total. The molecule has 0 bridgehead atoms. The summed E-state index contributed by atoms with van der Waals surface area (Å²) in [5, 5.41) is 0.997. The van der Waals surface area contributed by atoms with E-state index in [4.69, 9.17) is 0 Å². The van der Waals surface area contributed by atoms with Crippen molar-refractivity contribution in [1.82, 2.24) is 9.97 Å². The largest absolute Gasteiger partial charge is 0.348 e. The molecule has 0 unspecified atom stereocenters. The summed E-state index contributed by atoms with van der Waals surface area (Å²) in [4.78, 5) is 12.0. The van der Waals surface area contributed by atoms with Gasteiger partial charge in [0.05, 0.1) is 0 Å². The van der Waals surface area contributed by atoms with E-state index in [0.29, 0.717) is 11.4 Å². The van der Waals surface area contributed by atoms with Gasteiger partial charge in [0.15, 0.2) is 10.9 Å². The lowest BCUT2D eigenvalue weighted by Crippen LogP contribution is -2.29. The van der Waals surface area contributed by atoms with Crippen LogP contribution in [-0.4, -0.2) is 23.1 Å². The van der Waals surface area contributed by atoms with E-state index in [2.05, 4.69) is 14.9 Å². The lowest BCUT2D eigenvalue weighted by atomic mass is 10.1. The molecule has 2 aromatic heterocycles. The fraction of sp³-hybridized carbons (Fsp3) is 0.429. The van der Waals surface area contributed by atoms with Gasteiger partial charge in [0.1, 0.15) is 11.4 Å². The molecule has 1 fully saturated rings. The second-order valence-electron chi connectivity index (χ2n) is 4.78. The van der Waals surface area contributed by atoms with Crippen molar-refractivity contribution < 1.29 is 4.39 Å². The Morgan fingerprint density at radius 3 is 2.74 bits per heavy atom. The highest BCUT2D eigenvalue weighted by Gasteiger charge is 2.19. The van der Waals surface area contributed by atoms with Crippen LogP contribution in [0.5, 0.6) is 0 Å². The van der Waals surface area contributed by atoms with E-state index in [9.17, 15) is 4.39 Å². The molecule has 0 atom stereocenters. The standard InChI is InChI=1S/C14H16FN3S/c1-10-12(13-11(15)6-5-7-16-13)17-14(19-10)18-8-3-2-4-9-18/h5-7H,2-4,8-9H2,1H3. The predicted molar refractivity (Wildman–Crippen MR) is 76.1 cm³/mol. The zero-order valence-electron chi connectivity index (χ0n) is 10.9. The van der Waals surface area contributed by atoms with Crippen LogP contribution in [0.3, 0.4) is 0 Å². The van der Waals surface area contributed by atoms with E-state index in [1.54, 1.807) is 23.6 Å². The zero-order valence-corrected chi connectivity index (χ0v) is 11.7. The Morgan fingerprint density at radius 2 is 2.00 bits per heavy atom. The SMILES string of the molecule is Cc1sc(N2CCCCC2)nc1-c1ncccc1F. The van der Waals surface area contributed by atoms with Gasteiger partial charge in [0, 0.05) is 24.2 Å². The zero-order chi connectivity index (χ0) is 13.2. The molecule has 1 aliphatic heterocycles. The normalized spacial score (nSPS) is 15.8. The maximum absolute atomic E-state index is 13.8. The molecule has 3 heterocycles. The van der Waals surface area contributed by atoms with Gasteiger partial charge in [-0.25, -0.2) is 9.37 Å². The highest BCUT2D eigenvalue weighted by molar-refractivity contribution is 7.16. The molecule has 0 spiro atoms. The molecule has 1 saturated heterocycles. The summed E-state index contributed by atoms with van der Waals surface area (Å²) in [6, 6.07) is 3.04. The number of aryl methyl sites for hydroxylation is 1. The Kier molecular flexibility index (Phi) is 3.46. The minimum Gasteiger partial charge on any atom is -0.348 e. The Hall–Kier alpha value is -1.49. The van der Waals surface area contributed by atoms with E-state index in [-0.39, 0.29) is 5.82 Å². The average Bonchev–Trinajstić information content (AvgIpc) is 2.82. The quantitative estimate of drug-likeness (QED) is 0.839. The van der Waals surface area contributed by atoms with Crippen LogP contribution in [0.2, 0.25) is 0 Å². The number of pyridine rings is 1. The van der Waals surface area contributed by atoms with Gasteiger partial charge >= 0.3 is 0 Å². The van der Waals surface area contributed by atoms with E-state index in [1.807, 2.05) is 6.92 Å². The van der Waals surface area contributed by atoms with Crippen molar-refractivity contribution in [2.45, 2.75) is 26.2 Å². The molecular weight excluding hydrogens is 261 g/mol. The highest BCUT2D eigenvalue weighted by atomic mass is 32.1. The third-order valence-corrected chi connectivity index (χ3v) is 4.43. The first-order chi connectivity index (χ1) is 9.25. The first-order valence-corrected chi connectivity index (χ1v) is 7.40. The van der Waals surface area contributed by atoms with Crippen LogP contribution in [0, 0.1) is 12.7 Å². The van der Waals surface area contributed by atoms with Gasteiger partial charge in [-0.1, -0.05) is 0 Å². The number of halogens is 1. The number of hydrogen-bond donors (Lipinski definition) is 0. The van der Waals surface area contributed by atoms with Gasteiger partial charge in [-0.3, -0.25) is 4.98 Å². The number of nitrogens with zero attached hydrogens (tertiary/aromatic N) is 3. The molecule has 3 rings (SSSR count). The van der Waals surface area contributed by atoms with Gasteiger partial charge in [-0.05, 0) is 38.3 Å². The molecule has 1 aliphatic rings. The number of thiazole rings is 1. The summed E-state index contributed by atoms with van der Waals surface area (Å²) < 4.78 is 13.8. The summed E-state index contributed by atoms with van der Waals surface area (Å²) in [6.07, 6.45) is 5.33. The molecule has 3 nitrogen and oxygen atoms in total. The van der Waals surface area contributed by atoms with E-state index in [0.717, 1.165) is 23.1 Å². The monoisotopic (exact) mass is 277 g/mol. The first kappa shape index (κ1) is 12.5. The highest BCUT2D eigenvalue weighted by Crippen LogP contribution is 2.33. The molecule has 19 heavy (non-hydrogen) atoms. The van der Waals surface area contributed by atoms with Crippen molar-refractivity contribution in [2.24, 2.45) is 0 Å². The Labute approximate surface area is 116 Å². The Morgan fingerprint density at radius 1 is 1.21 bits per heavy atom. The molecule has 5 heteroatoms. The van der Waals surface area contributed by atoms with E-state index < -0.39 is 0 Å². The number of aromatic nitrogens is 2. The van der Waals surface area contributed by atoms with Crippen molar-refractivity contribution in [3.05, 3.63) is 29.0 Å². The molecule has 0 aliphatic carbocycles. The molecule has 2 aromatic rings. The minimum atomic E-state index is -0.305. The van der Waals surface area contributed by atoms with Crippen LogP contribution in [0.15, 0.2) is 18.3 Å². The topological polar surface area (TPSA) is 29.0 Å². The number of rotatable bonds is 2. The molecule has 0 aromatic carbocycles. The van der Waals surface area contributed by atoms with Crippen LogP contribution in [0.4, 0.5) is 9.52 Å². The van der Waals surface area contributed by atoms with Crippen molar-refractivity contribution in [1.29, 1.82) is 0 Å². The molecule has 0 radical (unpaired) electrons. The average molecular weight is 277 g/mol. The Balaban J connectivity index is 1.95. The van der Waals surface area contributed by atoms with Crippen molar-refractivity contribution >= 4 is 16.5 Å².